The highest BCUT2D eigenvalue weighted by Gasteiger charge is 2.15. The minimum atomic E-state index is 0.778. The second-order valence-electron chi connectivity index (χ2n) is 3.57. The van der Waals surface area contributed by atoms with E-state index in [-0.39, 0.29) is 0 Å². The van der Waals surface area contributed by atoms with Gasteiger partial charge in [0, 0.05) is 13.1 Å². The van der Waals surface area contributed by atoms with E-state index in [4.69, 9.17) is 0 Å². The molecule has 1 heteroatoms. The van der Waals surface area contributed by atoms with Crippen molar-refractivity contribution in [1.29, 1.82) is 0 Å². The van der Waals surface area contributed by atoms with Crippen LogP contribution in [-0.2, 0) is 0 Å². The molecule has 0 amide bonds. The van der Waals surface area contributed by atoms with Crippen molar-refractivity contribution in [3.05, 3.63) is 12.3 Å². The molecule has 0 N–H and O–H groups in total. The third-order valence-corrected chi connectivity index (χ3v) is 2.07. The molecular formula is C9H17N. The van der Waals surface area contributed by atoms with Crippen LogP contribution in [0.1, 0.15) is 26.7 Å². The summed E-state index contributed by atoms with van der Waals surface area (Å²) in [5.41, 5.74) is 0. The first-order valence-corrected chi connectivity index (χ1v) is 4.08. The molecule has 1 heterocycles. The van der Waals surface area contributed by atoms with Gasteiger partial charge in [0.2, 0.25) is 0 Å². The van der Waals surface area contributed by atoms with E-state index in [9.17, 15) is 0 Å². The Balaban J connectivity index is 2.30. The molecule has 0 aromatic rings. The highest BCUT2D eigenvalue weighted by molar-refractivity contribution is 4.96. The van der Waals surface area contributed by atoms with Gasteiger partial charge in [0.05, 0.1) is 0 Å². The summed E-state index contributed by atoms with van der Waals surface area (Å²) in [6.07, 6.45) is 7.01. The zero-order valence-corrected chi connectivity index (χ0v) is 7.17. The summed E-state index contributed by atoms with van der Waals surface area (Å²) < 4.78 is 0. The highest BCUT2D eigenvalue weighted by atomic mass is 15.1. The van der Waals surface area contributed by atoms with Crippen LogP contribution in [0.4, 0.5) is 0 Å². The van der Waals surface area contributed by atoms with Gasteiger partial charge in [-0.05, 0) is 25.0 Å². The van der Waals surface area contributed by atoms with Crippen LogP contribution < -0.4 is 0 Å². The fourth-order valence-corrected chi connectivity index (χ4v) is 1.48. The fourth-order valence-electron chi connectivity index (χ4n) is 1.48. The Hall–Kier alpha value is -0.460. The smallest absolute Gasteiger partial charge is 0.0318 e. The van der Waals surface area contributed by atoms with E-state index >= 15 is 0 Å². The lowest BCUT2D eigenvalue weighted by Gasteiger charge is -2.22. The van der Waals surface area contributed by atoms with Crippen molar-refractivity contribution < 1.29 is 0 Å². The van der Waals surface area contributed by atoms with Crippen LogP contribution in [0.15, 0.2) is 12.3 Å². The Kier molecular flexibility index (Phi) is 2.36. The van der Waals surface area contributed by atoms with Gasteiger partial charge in [-0.15, -0.1) is 0 Å². The summed E-state index contributed by atoms with van der Waals surface area (Å²) in [6.45, 7) is 4.57. The SMILES string of the molecule is CC(C)CC1CC=CN1C. The van der Waals surface area contributed by atoms with Crippen molar-refractivity contribution in [2.45, 2.75) is 32.7 Å². The molecule has 1 aliphatic heterocycles. The molecule has 0 bridgehead atoms. The first kappa shape index (κ1) is 7.64. The molecule has 0 saturated heterocycles. The fraction of sp³-hybridized carbons (Fsp3) is 0.778. The second-order valence-corrected chi connectivity index (χ2v) is 3.57. The molecule has 1 atom stereocenters. The van der Waals surface area contributed by atoms with Crippen molar-refractivity contribution in [3.8, 4) is 0 Å². The monoisotopic (exact) mass is 139 g/mol. The maximum absolute atomic E-state index is 2.32. The first-order valence-electron chi connectivity index (χ1n) is 4.08. The summed E-state index contributed by atoms with van der Waals surface area (Å²) in [5.74, 6) is 0.826. The first-order chi connectivity index (χ1) is 4.70. The van der Waals surface area contributed by atoms with Crippen LogP contribution in [0, 0.1) is 5.92 Å². The van der Waals surface area contributed by atoms with Crippen LogP contribution in [0.25, 0.3) is 0 Å². The Morgan fingerprint density at radius 2 is 2.30 bits per heavy atom. The molecule has 0 aliphatic carbocycles. The van der Waals surface area contributed by atoms with Gasteiger partial charge in [-0.3, -0.25) is 0 Å². The van der Waals surface area contributed by atoms with E-state index in [1.807, 2.05) is 0 Å². The molecule has 0 spiro atoms. The zero-order valence-electron chi connectivity index (χ0n) is 7.17. The van der Waals surface area contributed by atoms with E-state index in [0.717, 1.165) is 12.0 Å². The van der Waals surface area contributed by atoms with Crippen molar-refractivity contribution >= 4 is 0 Å². The normalized spacial score (nSPS) is 24.8. The number of rotatable bonds is 2. The van der Waals surface area contributed by atoms with Gasteiger partial charge in [0.1, 0.15) is 0 Å². The third-order valence-electron chi connectivity index (χ3n) is 2.07. The van der Waals surface area contributed by atoms with E-state index in [0.29, 0.717) is 0 Å². The van der Waals surface area contributed by atoms with E-state index in [2.05, 4.69) is 38.1 Å². The number of hydrogen-bond donors (Lipinski definition) is 0. The molecule has 0 fully saturated rings. The Morgan fingerprint density at radius 3 is 2.70 bits per heavy atom. The molecule has 1 rings (SSSR count). The number of nitrogens with zero attached hydrogens (tertiary/aromatic N) is 1. The Labute approximate surface area is 63.7 Å². The lowest BCUT2D eigenvalue weighted by molar-refractivity contribution is 0.307. The average Bonchev–Trinajstić information content (AvgIpc) is 2.15. The minimum absolute atomic E-state index is 0.778. The van der Waals surface area contributed by atoms with E-state index in [1.165, 1.54) is 12.8 Å². The lowest BCUT2D eigenvalue weighted by Crippen LogP contribution is -2.23. The van der Waals surface area contributed by atoms with Crippen LogP contribution in [0.3, 0.4) is 0 Å². The predicted octanol–water partition coefficient (Wildman–Crippen LogP) is 2.25. The van der Waals surface area contributed by atoms with Crippen LogP contribution >= 0.6 is 0 Å². The molecule has 10 heavy (non-hydrogen) atoms. The molecule has 0 aromatic heterocycles. The summed E-state index contributed by atoms with van der Waals surface area (Å²) in [4.78, 5) is 2.32. The summed E-state index contributed by atoms with van der Waals surface area (Å²) in [5, 5.41) is 0. The van der Waals surface area contributed by atoms with E-state index in [1.54, 1.807) is 0 Å². The third kappa shape index (κ3) is 1.76. The largest absolute Gasteiger partial charge is 0.377 e. The molecule has 1 unspecified atom stereocenters. The molecule has 1 nitrogen and oxygen atoms in total. The van der Waals surface area contributed by atoms with Gasteiger partial charge in [-0.2, -0.15) is 0 Å². The summed E-state index contributed by atoms with van der Waals surface area (Å²) in [6, 6.07) is 0.778. The Bertz CT molecular complexity index is 127. The molecular weight excluding hydrogens is 122 g/mol. The number of hydrogen-bond acceptors (Lipinski definition) is 1. The van der Waals surface area contributed by atoms with Crippen molar-refractivity contribution in [2.75, 3.05) is 7.05 Å². The predicted molar refractivity (Wildman–Crippen MR) is 44.8 cm³/mol. The second kappa shape index (κ2) is 3.09. The highest BCUT2D eigenvalue weighted by Crippen LogP contribution is 2.18. The van der Waals surface area contributed by atoms with Gasteiger partial charge in [-0.25, -0.2) is 0 Å². The van der Waals surface area contributed by atoms with Crippen molar-refractivity contribution in [3.63, 3.8) is 0 Å². The maximum Gasteiger partial charge on any atom is 0.0318 e. The molecule has 1 aliphatic rings. The standard InChI is InChI=1S/C9H17N/c1-8(2)7-9-5-4-6-10(9)3/h4,6,8-9H,5,7H2,1-3H3. The van der Waals surface area contributed by atoms with Crippen LogP contribution in [0.5, 0.6) is 0 Å². The van der Waals surface area contributed by atoms with Gasteiger partial charge in [0.25, 0.3) is 0 Å². The topological polar surface area (TPSA) is 3.24 Å². The molecule has 0 aromatic carbocycles. The summed E-state index contributed by atoms with van der Waals surface area (Å²) in [7, 11) is 2.16. The van der Waals surface area contributed by atoms with Crippen molar-refractivity contribution in [1.82, 2.24) is 4.90 Å². The molecule has 0 saturated carbocycles. The van der Waals surface area contributed by atoms with Gasteiger partial charge in [-0.1, -0.05) is 19.9 Å². The lowest BCUT2D eigenvalue weighted by atomic mass is 10.0. The van der Waals surface area contributed by atoms with Crippen molar-refractivity contribution in [2.24, 2.45) is 5.92 Å². The van der Waals surface area contributed by atoms with Gasteiger partial charge in [0.15, 0.2) is 0 Å². The van der Waals surface area contributed by atoms with Gasteiger partial charge >= 0.3 is 0 Å². The molecule has 0 radical (unpaired) electrons. The Morgan fingerprint density at radius 1 is 1.60 bits per heavy atom. The van der Waals surface area contributed by atoms with Crippen LogP contribution in [-0.4, -0.2) is 18.0 Å². The molecule has 58 valence electrons. The average molecular weight is 139 g/mol. The van der Waals surface area contributed by atoms with E-state index < -0.39 is 0 Å². The zero-order chi connectivity index (χ0) is 7.56. The quantitative estimate of drug-likeness (QED) is 0.567. The maximum atomic E-state index is 2.32. The van der Waals surface area contributed by atoms with Crippen LogP contribution in [0.2, 0.25) is 0 Å². The minimum Gasteiger partial charge on any atom is -0.377 e. The van der Waals surface area contributed by atoms with Gasteiger partial charge < -0.3 is 4.90 Å². The summed E-state index contributed by atoms with van der Waals surface area (Å²) >= 11 is 0.